The first-order valence-corrected chi connectivity index (χ1v) is 5.67. The van der Waals surface area contributed by atoms with Crippen LogP contribution in [0.25, 0.3) is 0 Å². The Kier molecular flexibility index (Phi) is 2.84. The standard InChI is InChI=1S/C13H25N/c1-7-9(2)8-10(14)11-12(3,4)13(11,5)6/h10-11H,2,7-8,14H2,1,3-6H3. The van der Waals surface area contributed by atoms with Crippen molar-refractivity contribution < 1.29 is 0 Å². The molecule has 0 radical (unpaired) electrons. The van der Waals surface area contributed by atoms with Crippen molar-refractivity contribution in [2.75, 3.05) is 0 Å². The van der Waals surface area contributed by atoms with Gasteiger partial charge in [-0.3, -0.25) is 0 Å². The summed E-state index contributed by atoms with van der Waals surface area (Å²) in [5.74, 6) is 0.651. The molecule has 14 heavy (non-hydrogen) atoms. The summed E-state index contributed by atoms with van der Waals surface area (Å²) >= 11 is 0. The zero-order chi connectivity index (χ0) is 11.1. The second-order valence-electron chi connectivity index (χ2n) is 5.89. The fourth-order valence-electron chi connectivity index (χ4n) is 2.91. The largest absolute Gasteiger partial charge is 0.327 e. The van der Waals surface area contributed by atoms with Gasteiger partial charge in [0.05, 0.1) is 0 Å². The SMILES string of the molecule is C=C(CC)CC(N)C1C(C)(C)C1(C)C. The van der Waals surface area contributed by atoms with Crippen molar-refractivity contribution in [3.63, 3.8) is 0 Å². The van der Waals surface area contributed by atoms with E-state index in [-0.39, 0.29) is 0 Å². The second-order valence-corrected chi connectivity index (χ2v) is 5.89. The van der Waals surface area contributed by atoms with Gasteiger partial charge in [0, 0.05) is 6.04 Å². The first-order valence-electron chi connectivity index (χ1n) is 5.67. The van der Waals surface area contributed by atoms with Gasteiger partial charge in [0.2, 0.25) is 0 Å². The van der Waals surface area contributed by atoms with Gasteiger partial charge in [-0.25, -0.2) is 0 Å². The molecule has 1 rings (SSSR count). The second kappa shape index (κ2) is 3.37. The molecule has 2 N–H and O–H groups in total. The minimum atomic E-state index is 0.299. The Morgan fingerprint density at radius 3 is 2.00 bits per heavy atom. The minimum absolute atomic E-state index is 0.299. The zero-order valence-electron chi connectivity index (χ0n) is 10.4. The highest BCUT2D eigenvalue weighted by Gasteiger charge is 2.66. The highest BCUT2D eigenvalue weighted by Crippen LogP contribution is 2.69. The molecule has 0 saturated heterocycles. The molecule has 0 aromatic carbocycles. The van der Waals surface area contributed by atoms with Gasteiger partial charge in [-0.15, -0.1) is 0 Å². The Balaban J connectivity index is 2.57. The Morgan fingerprint density at radius 2 is 1.71 bits per heavy atom. The number of hydrogen-bond donors (Lipinski definition) is 1. The predicted octanol–water partition coefficient (Wildman–Crippen LogP) is 3.35. The summed E-state index contributed by atoms with van der Waals surface area (Å²) in [6.45, 7) is 15.5. The van der Waals surface area contributed by atoms with Crippen LogP contribution in [0.3, 0.4) is 0 Å². The Labute approximate surface area is 88.8 Å². The molecule has 0 aromatic rings. The summed E-state index contributed by atoms with van der Waals surface area (Å²) in [5, 5.41) is 0. The molecule has 1 nitrogen and oxygen atoms in total. The molecule has 1 saturated carbocycles. The molecule has 1 aliphatic carbocycles. The lowest BCUT2D eigenvalue weighted by Gasteiger charge is -2.14. The van der Waals surface area contributed by atoms with Gasteiger partial charge in [0.1, 0.15) is 0 Å². The molecule has 0 aliphatic heterocycles. The van der Waals surface area contributed by atoms with Gasteiger partial charge in [0.15, 0.2) is 0 Å². The Hall–Kier alpha value is -0.300. The van der Waals surface area contributed by atoms with Crippen LogP contribution in [0.2, 0.25) is 0 Å². The fourth-order valence-corrected chi connectivity index (χ4v) is 2.91. The van der Waals surface area contributed by atoms with Gasteiger partial charge in [-0.2, -0.15) is 0 Å². The van der Waals surface area contributed by atoms with Gasteiger partial charge in [0.25, 0.3) is 0 Å². The molecule has 1 aliphatic rings. The van der Waals surface area contributed by atoms with E-state index in [2.05, 4.69) is 41.2 Å². The molecule has 0 spiro atoms. The average Bonchev–Trinajstić information content (AvgIpc) is 2.42. The molecule has 1 fully saturated rings. The van der Waals surface area contributed by atoms with Crippen molar-refractivity contribution in [3.8, 4) is 0 Å². The summed E-state index contributed by atoms with van der Waals surface area (Å²) in [6.07, 6.45) is 2.05. The molecule has 1 atom stereocenters. The third-order valence-electron chi connectivity index (χ3n) is 4.58. The van der Waals surface area contributed by atoms with Crippen LogP contribution in [0.5, 0.6) is 0 Å². The van der Waals surface area contributed by atoms with Crippen LogP contribution in [0.1, 0.15) is 47.5 Å². The van der Waals surface area contributed by atoms with Crippen LogP contribution in [-0.2, 0) is 0 Å². The van der Waals surface area contributed by atoms with Crippen LogP contribution in [0.15, 0.2) is 12.2 Å². The van der Waals surface area contributed by atoms with E-state index in [0.29, 0.717) is 22.8 Å². The Morgan fingerprint density at radius 1 is 1.29 bits per heavy atom. The van der Waals surface area contributed by atoms with Gasteiger partial charge in [-0.05, 0) is 29.6 Å². The molecule has 0 amide bonds. The van der Waals surface area contributed by atoms with Crippen LogP contribution in [0, 0.1) is 16.7 Å². The molecule has 82 valence electrons. The number of rotatable bonds is 4. The van der Waals surface area contributed by atoms with Crippen molar-refractivity contribution in [1.29, 1.82) is 0 Å². The van der Waals surface area contributed by atoms with E-state index in [9.17, 15) is 0 Å². The van der Waals surface area contributed by atoms with E-state index in [1.165, 1.54) is 5.57 Å². The van der Waals surface area contributed by atoms with Gasteiger partial charge in [-0.1, -0.05) is 46.8 Å². The number of nitrogens with two attached hydrogens (primary N) is 1. The highest BCUT2D eigenvalue weighted by molar-refractivity contribution is 5.17. The zero-order valence-corrected chi connectivity index (χ0v) is 10.4. The first-order chi connectivity index (χ1) is 6.25. The first kappa shape index (κ1) is 11.8. The maximum Gasteiger partial charge on any atom is 0.0115 e. The highest BCUT2D eigenvalue weighted by atomic mass is 14.8. The van der Waals surface area contributed by atoms with Gasteiger partial charge < -0.3 is 5.73 Å². The summed E-state index contributed by atoms with van der Waals surface area (Å²) in [7, 11) is 0. The normalized spacial score (nSPS) is 25.9. The predicted molar refractivity (Wildman–Crippen MR) is 63.1 cm³/mol. The number of hydrogen-bond acceptors (Lipinski definition) is 1. The van der Waals surface area contributed by atoms with Crippen LogP contribution in [0.4, 0.5) is 0 Å². The van der Waals surface area contributed by atoms with Crippen molar-refractivity contribution in [2.45, 2.75) is 53.5 Å². The van der Waals surface area contributed by atoms with E-state index < -0.39 is 0 Å². The molecular weight excluding hydrogens is 170 g/mol. The van der Waals surface area contributed by atoms with E-state index in [0.717, 1.165) is 12.8 Å². The molecule has 0 bridgehead atoms. The van der Waals surface area contributed by atoms with E-state index in [1.807, 2.05) is 0 Å². The molecule has 1 heteroatoms. The monoisotopic (exact) mass is 195 g/mol. The van der Waals surface area contributed by atoms with Crippen LogP contribution in [-0.4, -0.2) is 6.04 Å². The maximum atomic E-state index is 6.25. The minimum Gasteiger partial charge on any atom is -0.327 e. The van der Waals surface area contributed by atoms with Crippen molar-refractivity contribution in [2.24, 2.45) is 22.5 Å². The molecule has 1 unspecified atom stereocenters. The molecule has 0 aromatic heterocycles. The maximum absolute atomic E-state index is 6.25. The third-order valence-corrected chi connectivity index (χ3v) is 4.58. The summed E-state index contributed by atoms with van der Waals surface area (Å²) < 4.78 is 0. The molecular formula is C13H25N. The smallest absolute Gasteiger partial charge is 0.0115 e. The molecule has 0 heterocycles. The Bertz CT molecular complexity index is 224. The average molecular weight is 195 g/mol. The summed E-state index contributed by atoms with van der Waals surface area (Å²) in [6, 6.07) is 0.299. The van der Waals surface area contributed by atoms with Crippen molar-refractivity contribution in [1.82, 2.24) is 0 Å². The fraction of sp³-hybridized carbons (Fsp3) is 0.846. The third kappa shape index (κ3) is 1.63. The lowest BCUT2D eigenvalue weighted by molar-refractivity contribution is 0.457. The van der Waals surface area contributed by atoms with Crippen molar-refractivity contribution >= 4 is 0 Å². The topological polar surface area (TPSA) is 26.0 Å². The summed E-state index contributed by atoms with van der Waals surface area (Å²) in [4.78, 5) is 0. The van der Waals surface area contributed by atoms with Crippen LogP contribution < -0.4 is 5.73 Å². The summed E-state index contributed by atoms with van der Waals surface area (Å²) in [5.41, 5.74) is 8.34. The van der Waals surface area contributed by atoms with Crippen molar-refractivity contribution in [3.05, 3.63) is 12.2 Å². The van der Waals surface area contributed by atoms with Gasteiger partial charge >= 0.3 is 0 Å². The lowest BCUT2D eigenvalue weighted by Crippen LogP contribution is -2.26. The van der Waals surface area contributed by atoms with E-state index in [1.54, 1.807) is 0 Å². The van der Waals surface area contributed by atoms with E-state index >= 15 is 0 Å². The lowest BCUT2D eigenvalue weighted by atomic mass is 9.97. The quantitative estimate of drug-likeness (QED) is 0.684. The van der Waals surface area contributed by atoms with E-state index in [4.69, 9.17) is 5.73 Å². The van der Waals surface area contributed by atoms with Crippen LogP contribution >= 0.6 is 0 Å².